The Morgan fingerprint density at radius 2 is 1.95 bits per heavy atom. The van der Waals surface area contributed by atoms with Crippen molar-refractivity contribution in [2.75, 3.05) is 25.5 Å². The molecule has 1 aliphatic rings. The van der Waals surface area contributed by atoms with Crippen LogP contribution in [0.5, 0.6) is 0 Å². The Morgan fingerprint density at radius 3 is 2.65 bits per heavy atom. The van der Waals surface area contributed by atoms with Gasteiger partial charge in [-0.25, -0.2) is 13.1 Å². The van der Waals surface area contributed by atoms with Gasteiger partial charge in [0.2, 0.25) is 10.0 Å². The molecule has 112 valence electrons. The topological polar surface area (TPSA) is 67.4 Å². The highest BCUT2D eigenvalue weighted by Crippen LogP contribution is 2.22. The van der Waals surface area contributed by atoms with E-state index in [0.29, 0.717) is 24.9 Å². The molecule has 0 aliphatic heterocycles. The van der Waals surface area contributed by atoms with Crippen LogP contribution in [-0.4, -0.2) is 34.7 Å². The van der Waals surface area contributed by atoms with Crippen molar-refractivity contribution in [3.63, 3.8) is 0 Å². The zero-order chi connectivity index (χ0) is 14.4. The molecule has 0 amide bonds. The Labute approximate surface area is 120 Å². The van der Waals surface area contributed by atoms with Gasteiger partial charge in [-0.05, 0) is 32.0 Å². The minimum atomic E-state index is -3.43. The molecular weight excluding hydrogens is 276 g/mol. The number of sulfonamides is 1. The van der Waals surface area contributed by atoms with Gasteiger partial charge in [0, 0.05) is 6.54 Å². The van der Waals surface area contributed by atoms with Gasteiger partial charge in [0.05, 0.1) is 18.4 Å². The van der Waals surface area contributed by atoms with E-state index in [9.17, 15) is 8.42 Å². The summed E-state index contributed by atoms with van der Waals surface area (Å²) >= 11 is 0. The average Bonchev–Trinajstić information content (AvgIpc) is 2.97. The minimum absolute atomic E-state index is 0.267. The SMILES string of the molecule is CNS(=O)(=O)c1ccccc1NCCOC1CCCC1. The largest absolute Gasteiger partial charge is 0.382 e. The molecule has 6 heteroatoms. The fourth-order valence-electron chi connectivity index (χ4n) is 2.42. The zero-order valence-electron chi connectivity index (χ0n) is 11.8. The van der Waals surface area contributed by atoms with Gasteiger partial charge in [0.25, 0.3) is 0 Å². The molecule has 0 unspecified atom stereocenters. The number of para-hydroxylation sites is 1. The standard InChI is InChI=1S/C14H22N2O3S/c1-15-20(17,18)14-9-5-4-8-13(14)16-10-11-19-12-6-2-3-7-12/h4-5,8-9,12,15-16H,2-3,6-7,10-11H2,1H3. The quantitative estimate of drug-likeness (QED) is 0.755. The van der Waals surface area contributed by atoms with Crippen molar-refractivity contribution in [2.24, 2.45) is 0 Å². The predicted molar refractivity (Wildman–Crippen MR) is 79.4 cm³/mol. The molecule has 2 N–H and O–H groups in total. The molecule has 20 heavy (non-hydrogen) atoms. The van der Waals surface area contributed by atoms with Crippen molar-refractivity contribution < 1.29 is 13.2 Å². The second-order valence-electron chi connectivity index (χ2n) is 4.91. The number of benzene rings is 1. The lowest BCUT2D eigenvalue weighted by Crippen LogP contribution is -2.21. The summed E-state index contributed by atoms with van der Waals surface area (Å²) in [5.41, 5.74) is 0.608. The van der Waals surface area contributed by atoms with E-state index in [2.05, 4.69) is 10.0 Å². The summed E-state index contributed by atoms with van der Waals surface area (Å²) in [6.07, 6.45) is 5.17. The smallest absolute Gasteiger partial charge is 0.242 e. The minimum Gasteiger partial charge on any atom is -0.382 e. The molecule has 0 radical (unpaired) electrons. The van der Waals surface area contributed by atoms with Crippen molar-refractivity contribution in [1.29, 1.82) is 0 Å². The highest BCUT2D eigenvalue weighted by Gasteiger charge is 2.17. The van der Waals surface area contributed by atoms with E-state index < -0.39 is 10.0 Å². The van der Waals surface area contributed by atoms with Crippen LogP contribution in [0.3, 0.4) is 0 Å². The van der Waals surface area contributed by atoms with Crippen LogP contribution in [0.15, 0.2) is 29.2 Å². The first-order valence-electron chi connectivity index (χ1n) is 7.01. The first-order valence-corrected chi connectivity index (χ1v) is 8.50. The van der Waals surface area contributed by atoms with Crippen LogP contribution in [0.2, 0.25) is 0 Å². The van der Waals surface area contributed by atoms with Crippen LogP contribution in [0.4, 0.5) is 5.69 Å². The maximum absolute atomic E-state index is 11.9. The molecule has 0 saturated heterocycles. The molecule has 1 aromatic rings. The third-order valence-electron chi connectivity index (χ3n) is 3.52. The Balaban J connectivity index is 1.89. The number of hydrogen-bond donors (Lipinski definition) is 2. The lowest BCUT2D eigenvalue weighted by Gasteiger charge is -2.14. The first kappa shape index (κ1) is 15.3. The molecule has 5 nitrogen and oxygen atoms in total. The van der Waals surface area contributed by atoms with Gasteiger partial charge in [-0.2, -0.15) is 0 Å². The molecule has 0 bridgehead atoms. The number of nitrogens with one attached hydrogen (secondary N) is 2. The maximum atomic E-state index is 11.9. The van der Waals surface area contributed by atoms with Gasteiger partial charge in [0.1, 0.15) is 4.90 Å². The summed E-state index contributed by atoms with van der Waals surface area (Å²) in [5, 5.41) is 3.13. The summed E-state index contributed by atoms with van der Waals surface area (Å²) in [7, 11) is -2.02. The van der Waals surface area contributed by atoms with Crippen LogP contribution < -0.4 is 10.0 Å². The lowest BCUT2D eigenvalue weighted by molar-refractivity contribution is 0.0659. The summed E-state index contributed by atoms with van der Waals surface area (Å²) in [5.74, 6) is 0. The molecule has 1 aliphatic carbocycles. The van der Waals surface area contributed by atoms with Gasteiger partial charge >= 0.3 is 0 Å². The third-order valence-corrected chi connectivity index (χ3v) is 4.99. The maximum Gasteiger partial charge on any atom is 0.242 e. The van der Waals surface area contributed by atoms with Gasteiger partial charge in [-0.3, -0.25) is 0 Å². The number of rotatable bonds is 7. The predicted octanol–water partition coefficient (Wildman–Crippen LogP) is 1.97. The Kier molecular flexibility index (Phi) is 5.39. The second kappa shape index (κ2) is 7.06. The first-order chi connectivity index (χ1) is 9.63. The van der Waals surface area contributed by atoms with Gasteiger partial charge < -0.3 is 10.1 Å². The highest BCUT2D eigenvalue weighted by atomic mass is 32.2. The van der Waals surface area contributed by atoms with Crippen LogP contribution >= 0.6 is 0 Å². The fraction of sp³-hybridized carbons (Fsp3) is 0.571. The van der Waals surface area contributed by atoms with Crippen molar-refractivity contribution in [2.45, 2.75) is 36.7 Å². The number of anilines is 1. The third kappa shape index (κ3) is 3.94. The van der Waals surface area contributed by atoms with E-state index in [1.165, 1.54) is 19.9 Å². The van der Waals surface area contributed by atoms with Crippen molar-refractivity contribution in [1.82, 2.24) is 4.72 Å². The van der Waals surface area contributed by atoms with E-state index in [-0.39, 0.29) is 4.90 Å². The molecule has 2 rings (SSSR count). The summed E-state index contributed by atoms with van der Waals surface area (Å²) in [6, 6.07) is 6.88. The van der Waals surface area contributed by atoms with Gasteiger partial charge in [-0.15, -0.1) is 0 Å². The van der Waals surface area contributed by atoms with E-state index in [4.69, 9.17) is 4.74 Å². The van der Waals surface area contributed by atoms with Crippen molar-refractivity contribution in [3.8, 4) is 0 Å². The molecule has 0 aromatic heterocycles. The van der Waals surface area contributed by atoms with E-state index in [1.807, 2.05) is 6.07 Å². The van der Waals surface area contributed by atoms with Crippen LogP contribution in [0.25, 0.3) is 0 Å². The summed E-state index contributed by atoms with van der Waals surface area (Å²) < 4.78 is 31.8. The molecule has 1 fully saturated rings. The number of hydrogen-bond acceptors (Lipinski definition) is 4. The Morgan fingerprint density at radius 1 is 1.25 bits per heavy atom. The second-order valence-corrected chi connectivity index (χ2v) is 6.76. The highest BCUT2D eigenvalue weighted by molar-refractivity contribution is 7.89. The fourth-order valence-corrected chi connectivity index (χ4v) is 3.33. The molecular formula is C14H22N2O3S. The Hall–Kier alpha value is -1.11. The van der Waals surface area contributed by atoms with Crippen LogP contribution in [0, 0.1) is 0 Å². The molecule has 0 atom stereocenters. The monoisotopic (exact) mass is 298 g/mol. The van der Waals surface area contributed by atoms with Crippen LogP contribution in [0.1, 0.15) is 25.7 Å². The lowest BCUT2D eigenvalue weighted by atomic mass is 10.3. The molecule has 0 spiro atoms. The Bertz CT molecular complexity index is 525. The van der Waals surface area contributed by atoms with Crippen molar-refractivity contribution in [3.05, 3.63) is 24.3 Å². The van der Waals surface area contributed by atoms with E-state index in [0.717, 1.165) is 12.8 Å². The normalized spacial score (nSPS) is 16.4. The molecule has 0 heterocycles. The number of ether oxygens (including phenoxy) is 1. The average molecular weight is 298 g/mol. The van der Waals surface area contributed by atoms with Gasteiger partial charge in [0.15, 0.2) is 0 Å². The van der Waals surface area contributed by atoms with Crippen molar-refractivity contribution >= 4 is 15.7 Å². The van der Waals surface area contributed by atoms with Gasteiger partial charge in [-0.1, -0.05) is 25.0 Å². The molecule has 1 saturated carbocycles. The van der Waals surface area contributed by atoms with E-state index >= 15 is 0 Å². The van der Waals surface area contributed by atoms with Crippen LogP contribution in [-0.2, 0) is 14.8 Å². The summed E-state index contributed by atoms with van der Waals surface area (Å²) in [4.78, 5) is 0.267. The van der Waals surface area contributed by atoms with E-state index in [1.54, 1.807) is 18.2 Å². The summed E-state index contributed by atoms with van der Waals surface area (Å²) in [6.45, 7) is 1.20. The zero-order valence-corrected chi connectivity index (χ0v) is 12.6. The molecule has 1 aromatic carbocycles.